The molecule has 82 valence electrons. The standard InChI is InChI=1S/C11H16N2OS/c1-8-3-5-13(6-4-8)11(14)10-7-12-9(2)15-10/h7-8H,3-6H2,1-2H3. The lowest BCUT2D eigenvalue weighted by Crippen LogP contribution is -2.37. The van der Waals surface area contributed by atoms with Crippen molar-refractivity contribution in [3.05, 3.63) is 16.1 Å². The summed E-state index contributed by atoms with van der Waals surface area (Å²) in [6, 6.07) is 0. The molecule has 1 aromatic rings. The fourth-order valence-electron chi connectivity index (χ4n) is 1.83. The van der Waals surface area contributed by atoms with E-state index in [0.717, 1.165) is 41.7 Å². The van der Waals surface area contributed by atoms with Gasteiger partial charge in [-0.25, -0.2) is 4.98 Å². The van der Waals surface area contributed by atoms with Gasteiger partial charge in [-0.15, -0.1) is 11.3 Å². The van der Waals surface area contributed by atoms with Gasteiger partial charge in [0.15, 0.2) is 0 Å². The van der Waals surface area contributed by atoms with E-state index in [4.69, 9.17) is 0 Å². The first-order valence-electron chi connectivity index (χ1n) is 5.38. The van der Waals surface area contributed by atoms with Gasteiger partial charge in [-0.2, -0.15) is 0 Å². The number of carbonyl (C=O) groups is 1. The highest BCUT2D eigenvalue weighted by Crippen LogP contribution is 2.20. The maximum Gasteiger partial charge on any atom is 0.265 e. The quantitative estimate of drug-likeness (QED) is 0.733. The van der Waals surface area contributed by atoms with Crippen LogP contribution in [0.5, 0.6) is 0 Å². The Morgan fingerprint density at radius 2 is 2.20 bits per heavy atom. The molecule has 1 fully saturated rings. The molecule has 0 aromatic carbocycles. The van der Waals surface area contributed by atoms with Crippen molar-refractivity contribution < 1.29 is 4.79 Å². The van der Waals surface area contributed by atoms with Gasteiger partial charge in [-0.1, -0.05) is 6.92 Å². The van der Waals surface area contributed by atoms with E-state index in [2.05, 4.69) is 11.9 Å². The molecular weight excluding hydrogens is 208 g/mol. The van der Waals surface area contributed by atoms with Gasteiger partial charge in [-0.05, 0) is 25.7 Å². The Labute approximate surface area is 94.1 Å². The molecule has 1 aliphatic heterocycles. The SMILES string of the molecule is Cc1ncc(C(=O)N2CCC(C)CC2)s1. The number of thiazole rings is 1. The third-order valence-electron chi connectivity index (χ3n) is 2.90. The minimum Gasteiger partial charge on any atom is -0.338 e. The molecule has 0 spiro atoms. The molecule has 0 radical (unpaired) electrons. The number of likely N-dealkylation sites (tertiary alicyclic amines) is 1. The van der Waals surface area contributed by atoms with Crippen LogP contribution in [0.15, 0.2) is 6.20 Å². The Kier molecular flexibility index (Phi) is 3.05. The first kappa shape index (κ1) is 10.6. The second-order valence-electron chi connectivity index (χ2n) is 4.22. The molecule has 4 heteroatoms. The lowest BCUT2D eigenvalue weighted by molar-refractivity contribution is 0.0702. The van der Waals surface area contributed by atoms with E-state index in [1.165, 1.54) is 11.3 Å². The molecule has 0 N–H and O–H groups in total. The van der Waals surface area contributed by atoms with Crippen LogP contribution in [0.25, 0.3) is 0 Å². The zero-order valence-electron chi connectivity index (χ0n) is 9.19. The number of piperidine rings is 1. The Morgan fingerprint density at radius 3 is 2.73 bits per heavy atom. The number of rotatable bonds is 1. The van der Waals surface area contributed by atoms with Crippen LogP contribution in [0.1, 0.15) is 34.4 Å². The van der Waals surface area contributed by atoms with E-state index < -0.39 is 0 Å². The zero-order valence-corrected chi connectivity index (χ0v) is 10.0. The minimum atomic E-state index is 0.160. The van der Waals surface area contributed by atoms with Crippen LogP contribution in [-0.4, -0.2) is 28.9 Å². The van der Waals surface area contributed by atoms with Gasteiger partial charge >= 0.3 is 0 Å². The predicted molar refractivity (Wildman–Crippen MR) is 61.2 cm³/mol. The van der Waals surface area contributed by atoms with Crippen LogP contribution in [0, 0.1) is 12.8 Å². The number of amides is 1. The third kappa shape index (κ3) is 2.37. The number of hydrogen-bond donors (Lipinski definition) is 0. The summed E-state index contributed by atoms with van der Waals surface area (Å²) >= 11 is 1.49. The van der Waals surface area contributed by atoms with Crippen molar-refractivity contribution in [2.24, 2.45) is 5.92 Å². The second kappa shape index (κ2) is 4.31. The van der Waals surface area contributed by atoms with Gasteiger partial charge < -0.3 is 4.90 Å². The van der Waals surface area contributed by atoms with Gasteiger partial charge in [0.1, 0.15) is 4.88 Å². The number of carbonyl (C=O) groups excluding carboxylic acids is 1. The molecule has 1 aromatic heterocycles. The van der Waals surface area contributed by atoms with Crippen LogP contribution in [0.3, 0.4) is 0 Å². The summed E-state index contributed by atoms with van der Waals surface area (Å²) in [5.41, 5.74) is 0. The van der Waals surface area contributed by atoms with Gasteiger partial charge in [0.2, 0.25) is 0 Å². The van der Waals surface area contributed by atoms with Crippen LogP contribution >= 0.6 is 11.3 Å². The average molecular weight is 224 g/mol. The van der Waals surface area contributed by atoms with Crippen molar-refractivity contribution >= 4 is 17.2 Å². The van der Waals surface area contributed by atoms with E-state index in [0.29, 0.717) is 0 Å². The largest absolute Gasteiger partial charge is 0.338 e. The monoisotopic (exact) mass is 224 g/mol. The molecule has 0 unspecified atom stereocenters. The molecule has 15 heavy (non-hydrogen) atoms. The lowest BCUT2D eigenvalue weighted by Gasteiger charge is -2.29. The summed E-state index contributed by atoms with van der Waals surface area (Å²) in [6.45, 7) is 5.98. The van der Waals surface area contributed by atoms with Crippen molar-refractivity contribution in [3.8, 4) is 0 Å². The molecule has 1 aliphatic rings. The van der Waals surface area contributed by atoms with Crippen LogP contribution in [0.4, 0.5) is 0 Å². The van der Waals surface area contributed by atoms with Crippen molar-refractivity contribution in [3.63, 3.8) is 0 Å². The number of nitrogens with zero attached hydrogens (tertiary/aromatic N) is 2. The summed E-state index contributed by atoms with van der Waals surface area (Å²) in [5.74, 6) is 0.921. The Hall–Kier alpha value is -0.900. The molecule has 0 bridgehead atoms. The van der Waals surface area contributed by atoms with E-state index in [9.17, 15) is 4.79 Å². The predicted octanol–water partition coefficient (Wildman–Crippen LogP) is 2.32. The summed E-state index contributed by atoms with van der Waals surface area (Å²) in [4.78, 5) is 18.9. The topological polar surface area (TPSA) is 33.2 Å². The van der Waals surface area contributed by atoms with Crippen molar-refractivity contribution in [1.29, 1.82) is 0 Å². The molecule has 3 nitrogen and oxygen atoms in total. The van der Waals surface area contributed by atoms with E-state index in [1.807, 2.05) is 11.8 Å². The molecule has 1 amide bonds. The van der Waals surface area contributed by atoms with Gasteiger partial charge in [0.05, 0.1) is 11.2 Å². The summed E-state index contributed by atoms with van der Waals surface area (Å²) in [6.07, 6.45) is 3.95. The summed E-state index contributed by atoms with van der Waals surface area (Å²) in [5, 5.41) is 0.962. The van der Waals surface area contributed by atoms with Gasteiger partial charge in [0.25, 0.3) is 5.91 Å². The normalized spacial score (nSPS) is 18.1. The first-order valence-corrected chi connectivity index (χ1v) is 6.20. The fraction of sp³-hybridized carbons (Fsp3) is 0.636. The molecule has 0 atom stereocenters. The highest BCUT2D eigenvalue weighted by atomic mass is 32.1. The van der Waals surface area contributed by atoms with Crippen LogP contribution in [0.2, 0.25) is 0 Å². The Bertz CT molecular complexity index is 353. The second-order valence-corrected chi connectivity index (χ2v) is 5.45. The van der Waals surface area contributed by atoms with Crippen molar-refractivity contribution in [2.75, 3.05) is 13.1 Å². The van der Waals surface area contributed by atoms with Crippen molar-refractivity contribution in [1.82, 2.24) is 9.88 Å². The molecular formula is C11H16N2OS. The smallest absolute Gasteiger partial charge is 0.265 e. The number of aryl methyl sites for hydroxylation is 1. The van der Waals surface area contributed by atoms with E-state index >= 15 is 0 Å². The average Bonchev–Trinajstić information content (AvgIpc) is 2.65. The molecule has 0 saturated carbocycles. The fourth-order valence-corrected chi connectivity index (χ4v) is 2.57. The van der Waals surface area contributed by atoms with Crippen molar-refractivity contribution in [2.45, 2.75) is 26.7 Å². The first-order chi connectivity index (χ1) is 7.16. The maximum atomic E-state index is 12.0. The summed E-state index contributed by atoms with van der Waals surface area (Å²) < 4.78 is 0. The Balaban J connectivity index is 2.02. The molecule has 2 rings (SSSR count). The molecule has 2 heterocycles. The van der Waals surface area contributed by atoms with Gasteiger partial charge in [0, 0.05) is 13.1 Å². The maximum absolute atomic E-state index is 12.0. The van der Waals surface area contributed by atoms with Gasteiger partial charge in [-0.3, -0.25) is 4.79 Å². The zero-order chi connectivity index (χ0) is 10.8. The third-order valence-corrected chi connectivity index (χ3v) is 3.80. The molecule has 1 saturated heterocycles. The van der Waals surface area contributed by atoms with Crippen LogP contribution in [-0.2, 0) is 0 Å². The highest BCUT2D eigenvalue weighted by molar-refractivity contribution is 7.13. The highest BCUT2D eigenvalue weighted by Gasteiger charge is 2.22. The lowest BCUT2D eigenvalue weighted by atomic mass is 9.99. The van der Waals surface area contributed by atoms with Crippen LogP contribution < -0.4 is 0 Å². The molecule has 0 aliphatic carbocycles. The van der Waals surface area contributed by atoms with E-state index in [-0.39, 0.29) is 5.91 Å². The Morgan fingerprint density at radius 1 is 1.53 bits per heavy atom. The minimum absolute atomic E-state index is 0.160. The number of hydrogen-bond acceptors (Lipinski definition) is 3. The van der Waals surface area contributed by atoms with E-state index in [1.54, 1.807) is 6.20 Å². The summed E-state index contributed by atoms with van der Waals surface area (Å²) in [7, 11) is 0. The number of aromatic nitrogens is 1.